The monoisotopic (exact) mass is 715 g/mol. The van der Waals surface area contributed by atoms with Gasteiger partial charge in [-0.25, -0.2) is 0 Å². The van der Waals surface area contributed by atoms with Crippen LogP contribution in [-0.4, -0.2) is 29.5 Å². The second-order valence-electron chi connectivity index (χ2n) is 12.8. The molecule has 0 radical (unpaired) electrons. The molecule has 2 heterocycles. The van der Waals surface area contributed by atoms with Crippen molar-refractivity contribution in [1.29, 1.82) is 0 Å². The summed E-state index contributed by atoms with van der Waals surface area (Å²) < 4.78 is 2.89. The molecule has 0 unspecified atom stereocenters. The van der Waals surface area contributed by atoms with Crippen molar-refractivity contribution < 1.29 is 0 Å². The Morgan fingerprint density at radius 3 is 1.57 bits per heavy atom. The number of hydrogen-bond acceptors (Lipinski definition) is 3. The third-order valence-electron chi connectivity index (χ3n) is 9.74. The summed E-state index contributed by atoms with van der Waals surface area (Å²) in [6.07, 6.45) is 0. The summed E-state index contributed by atoms with van der Waals surface area (Å²) in [5, 5.41) is 7.35. The molecule has 0 saturated heterocycles. The summed E-state index contributed by atoms with van der Waals surface area (Å²) in [6, 6.07) is 62.5. The van der Waals surface area contributed by atoms with Crippen molar-refractivity contribution in [3.05, 3.63) is 176 Å². The van der Waals surface area contributed by atoms with Gasteiger partial charge in [0.1, 0.15) is 0 Å². The summed E-state index contributed by atoms with van der Waals surface area (Å²) >= 11 is 0.154. The first-order valence-electron chi connectivity index (χ1n) is 17.1. The molecule has 0 saturated carbocycles. The minimum absolute atomic E-state index is 0.154. The van der Waals surface area contributed by atoms with E-state index in [4.69, 9.17) is 15.0 Å². The van der Waals surface area contributed by atoms with E-state index in [-0.39, 0.29) is 14.5 Å². The van der Waals surface area contributed by atoms with Gasteiger partial charge < -0.3 is 0 Å². The fraction of sp³-hybridized carbons (Fsp3) is 0. The molecule has 10 aromatic rings. The van der Waals surface area contributed by atoms with Crippen molar-refractivity contribution in [3.8, 4) is 56.4 Å². The molecule has 0 atom stereocenters. The van der Waals surface area contributed by atoms with Crippen molar-refractivity contribution >= 4 is 55.3 Å². The van der Waals surface area contributed by atoms with Crippen molar-refractivity contribution in [1.82, 2.24) is 15.0 Å². The van der Waals surface area contributed by atoms with E-state index in [0.29, 0.717) is 17.5 Å². The van der Waals surface area contributed by atoms with Crippen LogP contribution in [0.3, 0.4) is 0 Å². The Kier molecular flexibility index (Phi) is 7.16. The van der Waals surface area contributed by atoms with Crippen LogP contribution in [0.25, 0.3) is 97.3 Å². The Balaban J connectivity index is 1.17. The minimum atomic E-state index is 0.154. The van der Waals surface area contributed by atoms with Gasteiger partial charge in [-0.2, -0.15) is 0 Å². The molecule has 3 nitrogen and oxygen atoms in total. The zero-order valence-electron chi connectivity index (χ0n) is 27.5. The van der Waals surface area contributed by atoms with Crippen LogP contribution in [0.2, 0.25) is 0 Å². The van der Waals surface area contributed by atoms with E-state index in [9.17, 15) is 0 Å². The predicted octanol–water partition coefficient (Wildman–Crippen LogP) is 11.9. The average molecular weight is 715 g/mol. The molecule has 10 rings (SSSR count). The summed E-state index contributed by atoms with van der Waals surface area (Å²) in [6.45, 7) is 0. The van der Waals surface area contributed by atoms with Crippen LogP contribution in [-0.2, 0) is 0 Å². The predicted molar refractivity (Wildman–Crippen MR) is 214 cm³/mol. The van der Waals surface area contributed by atoms with Gasteiger partial charge in [0, 0.05) is 0 Å². The van der Waals surface area contributed by atoms with E-state index in [2.05, 4.69) is 158 Å². The third-order valence-corrected chi connectivity index (χ3v) is 12.4. The number of nitrogens with zero attached hydrogens (tertiary/aromatic N) is 3. The number of fused-ring (bicyclic) bond motifs is 5. The molecular weight excluding hydrogens is 685 g/mol. The quantitative estimate of drug-likeness (QED) is 0.167. The average Bonchev–Trinajstić information content (AvgIpc) is 3.60. The fourth-order valence-electron chi connectivity index (χ4n) is 7.28. The maximum absolute atomic E-state index is 5.16. The maximum atomic E-state index is 5.16. The van der Waals surface area contributed by atoms with E-state index >= 15 is 0 Å². The molecular formula is C47H29N3Se. The topological polar surface area (TPSA) is 38.7 Å². The van der Waals surface area contributed by atoms with Crippen LogP contribution in [0.4, 0.5) is 0 Å². The van der Waals surface area contributed by atoms with E-state index in [1.54, 1.807) is 0 Å². The Hall–Kier alpha value is -6.19. The van der Waals surface area contributed by atoms with Crippen molar-refractivity contribution in [3.63, 3.8) is 0 Å². The zero-order valence-corrected chi connectivity index (χ0v) is 29.2. The first-order valence-corrected chi connectivity index (χ1v) is 18.8. The summed E-state index contributed by atoms with van der Waals surface area (Å²) in [4.78, 5) is 15.3. The van der Waals surface area contributed by atoms with Crippen LogP contribution in [0, 0.1) is 0 Å². The molecule has 8 aromatic carbocycles. The Morgan fingerprint density at radius 1 is 0.294 bits per heavy atom. The molecule has 0 amide bonds. The molecule has 0 aliphatic heterocycles. The molecule has 0 aliphatic rings. The van der Waals surface area contributed by atoms with Crippen molar-refractivity contribution in [2.45, 2.75) is 0 Å². The van der Waals surface area contributed by atoms with Gasteiger partial charge in [0.2, 0.25) is 0 Å². The van der Waals surface area contributed by atoms with Gasteiger partial charge in [0.25, 0.3) is 0 Å². The third kappa shape index (κ3) is 5.16. The molecule has 0 aliphatic carbocycles. The van der Waals surface area contributed by atoms with Gasteiger partial charge in [0.15, 0.2) is 0 Å². The fourth-order valence-corrected chi connectivity index (χ4v) is 10.1. The van der Waals surface area contributed by atoms with Gasteiger partial charge in [-0.3, -0.25) is 0 Å². The standard InChI is InChI=1S/C47H29N3Se/c1-3-14-31(15-4-1)35-21-11-23-40-41-24-12-22-39(44(41)51-43(35)40)38-27-28-42(37-20-10-9-19-36(37)38)47-49-45(32-16-5-2-6-17-32)48-46(50-47)34-26-25-30-13-7-8-18-33(30)29-34/h1-29H. The summed E-state index contributed by atoms with van der Waals surface area (Å²) in [7, 11) is 0. The normalized spacial score (nSPS) is 11.5. The second-order valence-corrected chi connectivity index (χ2v) is 14.9. The zero-order chi connectivity index (χ0) is 33.7. The SMILES string of the molecule is c1ccc(-c2nc(-c3ccc4ccccc4c3)nc(-c3ccc(-c4cccc5c4[se]c4c(-c6ccccc6)cccc45)c4ccccc34)n2)cc1. The Labute approximate surface area is 301 Å². The van der Waals surface area contributed by atoms with Gasteiger partial charge >= 0.3 is 267 Å². The molecule has 0 N–H and O–H groups in total. The van der Waals surface area contributed by atoms with E-state index in [0.717, 1.165) is 27.5 Å². The summed E-state index contributed by atoms with van der Waals surface area (Å²) in [5.41, 5.74) is 8.05. The molecule has 238 valence electrons. The van der Waals surface area contributed by atoms with Gasteiger partial charge in [-0.1, -0.05) is 30.3 Å². The summed E-state index contributed by atoms with van der Waals surface area (Å²) in [5.74, 6) is 1.98. The molecule has 0 fully saturated rings. The van der Waals surface area contributed by atoms with Crippen LogP contribution in [0.5, 0.6) is 0 Å². The van der Waals surface area contributed by atoms with Gasteiger partial charge in [-0.15, -0.1) is 0 Å². The number of benzene rings is 8. The Bertz CT molecular complexity index is 2910. The molecule has 4 heteroatoms. The number of hydrogen-bond donors (Lipinski definition) is 0. The van der Waals surface area contributed by atoms with E-state index in [1.807, 2.05) is 18.2 Å². The van der Waals surface area contributed by atoms with Crippen LogP contribution in [0.1, 0.15) is 0 Å². The number of aromatic nitrogens is 3. The van der Waals surface area contributed by atoms with Crippen molar-refractivity contribution in [2.24, 2.45) is 0 Å². The first kappa shape index (κ1) is 29.7. The van der Waals surface area contributed by atoms with Crippen molar-refractivity contribution in [2.75, 3.05) is 0 Å². The molecule has 2 aromatic heterocycles. The number of rotatable bonds is 5. The second kappa shape index (κ2) is 12.3. The Morgan fingerprint density at radius 2 is 0.824 bits per heavy atom. The van der Waals surface area contributed by atoms with E-state index in [1.165, 1.54) is 52.3 Å². The molecule has 0 bridgehead atoms. The van der Waals surface area contributed by atoms with E-state index < -0.39 is 0 Å². The van der Waals surface area contributed by atoms with Crippen LogP contribution >= 0.6 is 0 Å². The van der Waals surface area contributed by atoms with Gasteiger partial charge in [0.05, 0.1) is 0 Å². The molecule has 0 spiro atoms. The van der Waals surface area contributed by atoms with Gasteiger partial charge in [-0.05, 0) is 5.39 Å². The van der Waals surface area contributed by atoms with Crippen LogP contribution in [0.15, 0.2) is 176 Å². The molecule has 51 heavy (non-hydrogen) atoms. The van der Waals surface area contributed by atoms with Crippen LogP contribution < -0.4 is 0 Å². The first-order chi connectivity index (χ1) is 25.3.